The van der Waals surface area contributed by atoms with E-state index in [-0.39, 0.29) is 32.4 Å². The number of esters is 1. The minimum Gasteiger partial charge on any atom is -0.458 e. The van der Waals surface area contributed by atoms with Gasteiger partial charge in [0.05, 0.1) is 61.2 Å². The van der Waals surface area contributed by atoms with Crippen LogP contribution >= 0.6 is 12.2 Å². The maximum absolute atomic E-state index is 15.4. The first kappa shape index (κ1) is 53.3. The molecule has 1 aliphatic carbocycles. The zero-order valence-electron chi connectivity index (χ0n) is 41.7. The predicted molar refractivity (Wildman–Crippen MR) is 275 cm³/mol. The molecule has 0 saturated heterocycles. The van der Waals surface area contributed by atoms with E-state index in [0.29, 0.717) is 73.3 Å². The molecule has 3 aliphatic heterocycles. The first-order valence-corrected chi connectivity index (χ1v) is 25.1. The normalized spacial score (nSPS) is 17.2. The Morgan fingerprint density at radius 1 is 0.857 bits per heavy atom. The highest BCUT2D eigenvalue weighted by molar-refractivity contribution is 7.71. The number of halogens is 1. The number of aromatic nitrogens is 2. The lowest BCUT2D eigenvalue weighted by Crippen LogP contribution is -2.52. The van der Waals surface area contributed by atoms with Crippen LogP contribution in [0.1, 0.15) is 70.3 Å². The average Bonchev–Trinajstić information content (AvgIpc) is 4.09. The lowest BCUT2D eigenvalue weighted by Gasteiger charge is -2.32. The second-order valence-corrected chi connectivity index (χ2v) is 19.2. The number of imide groups is 1. The fourth-order valence-corrected chi connectivity index (χ4v) is 10.3. The predicted octanol–water partition coefficient (Wildman–Crippen LogP) is 1.84. The molecule has 0 radical (unpaired) electrons. The van der Waals surface area contributed by atoms with Crippen molar-refractivity contribution in [3.05, 3.63) is 134 Å². The number of anilines is 1. The SMILES string of the molecule is CC[C@@]1(O)C(=O)OCc2c1cc1n(c2=S)Cc2c-1nc1cc(F)c(C)c3c1c2[C@H](NC(=O)COCNC(=O)CNC(=O)[C@H](Cc1ccccc1)NC(=O)CNC(=O)CNC(=O)Cc1ccc(N2C(=O)C=CC2=O)cc1)CC3. The van der Waals surface area contributed by atoms with Gasteiger partial charge >= 0.3 is 5.97 Å². The maximum Gasteiger partial charge on any atom is 0.343 e. The summed E-state index contributed by atoms with van der Waals surface area (Å²) in [5, 5.41) is 27.6. The van der Waals surface area contributed by atoms with Crippen LogP contribution in [-0.4, -0.2) is 107 Å². The van der Waals surface area contributed by atoms with Crippen LogP contribution in [0.15, 0.2) is 78.9 Å². The quantitative estimate of drug-likeness (QED) is 0.0201. The summed E-state index contributed by atoms with van der Waals surface area (Å²) in [6.45, 7) is 1.12. The van der Waals surface area contributed by atoms with E-state index in [1.54, 1.807) is 62.4 Å². The van der Waals surface area contributed by atoms with Gasteiger partial charge in [0.15, 0.2) is 5.60 Å². The number of aliphatic hydroxyl groups is 1. The van der Waals surface area contributed by atoms with Gasteiger partial charge in [0.1, 0.15) is 36.4 Å². The van der Waals surface area contributed by atoms with Crippen molar-refractivity contribution in [1.29, 1.82) is 0 Å². The highest BCUT2D eigenvalue weighted by Gasteiger charge is 2.45. The number of nitrogens with zero attached hydrogens (tertiary/aromatic N) is 3. The standard InChI is InChI=1S/C54H52FN9O12S/c1-3-54(74)35-19-40-50-33(24-63(40)52(77)34(35)25-76-53(54)73)49-37(14-13-32-28(2)36(55)20-38(62-50)48(32)49)60-45(69)26-75-27-59-43(67)22-58-51(72)39(17-29-7-5-4-6-8-29)61-44(68)23-57-42(66)21-56-41(65)18-30-9-11-31(12-10-30)64-46(70)15-16-47(64)71/h4-12,15-16,19-20,37,39,74H,3,13-14,17-18,21-27H2,1-2H3,(H,56,65)(H,57,66)(H,58,72)(H,59,67)(H,60,69)(H,61,68)/t37-,39+,54+/m1/s1. The summed E-state index contributed by atoms with van der Waals surface area (Å²) in [5.41, 5.74) is 4.62. The minimum absolute atomic E-state index is 0.0329. The Balaban J connectivity index is 0.753. The highest BCUT2D eigenvalue weighted by atomic mass is 32.1. The number of pyridine rings is 2. The molecule has 7 N–H and O–H groups in total. The van der Waals surface area contributed by atoms with Gasteiger partial charge in [0.2, 0.25) is 35.4 Å². The van der Waals surface area contributed by atoms with Crippen LogP contribution in [0, 0.1) is 17.4 Å². The number of fused-ring (bicyclic) bond motifs is 5. The molecular formula is C54H52FN9O12S. The first-order valence-electron chi connectivity index (χ1n) is 24.7. The zero-order chi connectivity index (χ0) is 54.7. The average molecular weight is 1070 g/mol. The molecule has 5 aromatic rings. The topological polar surface area (TPSA) is 286 Å². The van der Waals surface area contributed by atoms with E-state index in [1.807, 2.05) is 4.57 Å². The fourth-order valence-electron chi connectivity index (χ4n) is 9.95. The van der Waals surface area contributed by atoms with E-state index in [4.69, 9.17) is 26.7 Å². The van der Waals surface area contributed by atoms with Gasteiger partial charge in [-0.1, -0.05) is 61.6 Å². The summed E-state index contributed by atoms with van der Waals surface area (Å²) < 4.78 is 28.5. The van der Waals surface area contributed by atoms with Crippen LogP contribution in [0.2, 0.25) is 0 Å². The molecule has 3 aromatic carbocycles. The van der Waals surface area contributed by atoms with Crippen LogP contribution in [-0.2, 0) is 90.6 Å². The smallest absolute Gasteiger partial charge is 0.343 e. The summed E-state index contributed by atoms with van der Waals surface area (Å²) in [4.78, 5) is 120. The molecule has 21 nitrogen and oxygen atoms in total. The molecule has 5 heterocycles. The van der Waals surface area contributed by atoms with Crippen molar-refractivity contribution in [3.8, 4) is 11.4 Å². The lowest BCUT2D eigenvalue weighted by atomic mass is 9.81. The van der Waals surface area contributed by atoms with E-state index in [2.05, 4.69) is 31.9 Å². The third-order valence-electron chi connectivity index (χ3n) is 13.9. The molecule has 23 heteroatoms. The largest absolute Gasteiger partial charge is 0.458 e. The minimum atomic E-state index is -1.92. The van der Waals surface area contributed by atoms with Crippen LogP contribution in [0.4, 0.5) is 10.1 Å². The first-order chi connectivity index (χ1) is 36.9. The molecule has 0 spiro atoms. The Morgan fingerprint density at radius 2 is 1.55 bits per heavy atom. The summed E-state index contributed by atoms with van der Waals surface area (Å²) in [6, 6.07) is 16.3. The molecule has 0 saturated carbocycles. The molecule has 2 aromatic heterocycles. The molecule has 9 rings (SSSR count). The number of rotatable bonds is 19. The third-order valence-corrected chi connectivity index (χ3v) is 14.4. The summed E-state index contributed by atoms with van der Waals surface area (Å²) >= 11 is 5.91. The van der Waals surface area contributed by atoms with Gasteiger partial charge in [-0.25, -0.2) is 19.1 Å². The van der Waals surface area contributed by atoms with Crippen molar-refractivity contribution in [2.45, 2.75) is 76.8 Å². The van der Waals surface area contributed by atoms with E-state index in [1.165, 1.54) is 18.2 Å². The number of hydrogen-bond acceptors (Lipinski definition) is 14. The molecule has 0 bridgehead atoms. The monoisotopic (exact) mass is 1070 g/mol. The number of carbonyl (C=O) groups excluding carboxylic acids is 9. The van der Waals surface area contributed by atoms with Gasteiger partial charge in [0, 0.05) is 46.7 Å². The number of hydrogen-bond donors (Lipinski definition) is 7. The lowest BCUT2D eigenvalue weighted by molar-refractivity contribution is -0.172. The molecule has 77 heavy (non-hydrogen) atoms. The van der Waals surface area contributed by atoms with Crippen molar-refractivity contribution in [2.75, 3.05) is 37.9 Å². The van der Waals surface area contributed by atoms with Gasteiger partial charge in [-0.15, -0.1) is 0 Å². The van der Waals surface area contributed by atoms with Crippen molar-refractivity contribution >= 4 is 82.0 Å². The summed E-state index contributed by atoms with van der Waals surface area (Å²) in [5.74, 6) is -5.97. The zero-order valence-corrected chi connectivity index (χ0v) is 42.5. The summed E-state index contributed by atoms with van der Waals surface area (Å²) in [7, 11) is 0. The second kappa shape index (κ2) is 22.4. The Bertz CT molecular complexity index is 3390. The molecule has 3 atom stereocenters. The van der Waals surface area contributed by atoms with Crippen molar-refractivity contribution < 1.29 is 62.1 Å². The van der Waals surface area contributed by atoms with Crippen LogP contribution in [0.3, 0.4) is 0 Å². The van der Waals surface area contributed by atoms with Crippen LogP contribution in [0.5, 0.6) is 0 Å². The van der Waals surface area contributed by atoms with Gasteiger partial charge in [-0.05, 0) is 72.2 Å². The number of aryl methyl sites for hydroxylation is 1. The van der Waals surface area contributed by atoms with Crippen molar-refractivity contribution in [1.82, 2.24) is 41.5 Å². The van der Waals surface area contributed by atoms with Crippen molar-refractivity contribution in [3.63, 3.8) is 0 Å². The van der Waals surface area contributed by atoms with Crippen molar-refractivity contribution in [2.24, 2.45) is 0 Å². The van der Waals surface area contributed by atoms with Gasteiger partial charge in [-0.2, -0.15) is 0 Å². The molecule has 398 valence electrons. The van der Waals surface area contributed by atoms with E-state index in [9.17, 15) is 48.3 Å². The number of ether oxygens (including phenoxy) is 2. The van der Waals surface area contributed by atoms with Gasteiger partial charge in [0.25, 0.3) is 11.8 Å². The molecule has 0 fully saturated rings. The second-order valence-electron chi connectivity index (χ2n) is 18.8. The molecule has 0 unspecified atom stereocenters. The number of cyclic esters (lactones) is 1. The Hall–Kier alpha value is -8.54. The number of carbonyl (C=O) groups is 9. The Morgan fingerprint density at radius 3 is 2.27 bits per heavy atom. The van der Waals surface area contributed by atoms with Crippen LogP contribution < -0.4 is 36.8 Å². The maximum atomic E-state index is 15.4. The van der Waals surface area contributed by atoms with E-state index < -0.39 is 110 Å². The molecule has 8 amide bonds. The summed E-state index contributed by atoms with van der Waals surface area (Å²) in [6.07, 6.45) is 3.13. The number of benzene rings is 3. The molecular weight excluding hydrogens is 1020 g/mol. The van der Waals surface area contributed by atoms with E-state index in [0.717, 1.165) is 33.7 Å². The van der Waals surface area contributed by atoms with Crippen LogP contribution in [0.25, 0.3) is 22.3 Å². The Labute approximate surface area is 443 Å². The highest BCUT2D eigenvalue weighted by Crippen LogP contribution is 2.47. The third kappa shape index (κ3) is 11.1. The number of amides is 8. The molecule has 4 aliphatic rings. The Kier molecular flexibility index (Phi) is 15.5. The fraction of sp³-hybridized carbons (Fsp3) is 0.315. The van der Waals surface area contributed by atoms with Gasteiger partial charge in [-0.3, -0.25) is 38.4 Å². The van der Waals surface area contributed by atoms with Gasteiger partial charge < -0.3 is 51.0 Å². The van der Waals surface area contributed by atoms with E-state index >= 15 is 4.39 Å². The number of nitrogens with one attached hydrogen (secondary N) is 6.